The molecule has 0 aromatic carbocycles. The van der Waals surface area contributed by atoms with Gasteiger partial charge < -0.3 is 15.7 Å². The normalized spacial score (nSPS) is 24.6. The first kappa shape index (κ1) is 15.3. The zero-order chi connectivity index (χ0) is 14.8. The molecule has 1 saturated carbocycles. The Hall–Kier alpha value is -1.10. The van der Waals surface area contributed by atoms with Crippen LogP contribution in [0.2, 0.25) is 0 Å². The number of nitrogens with zero attached hydrogens (tertiary/aromatic N) is 1. The molecule has 1 amide bonds. The largest absolute Gasteiger partial charge is 0.481 e. The van der Waals surface area contributed by atoms with Gasteiger partial charge in [-0.05, 0) is 32.1 Å². The van der Waals surface area contributed by atoms with E-state index in [1.54, 1.807) is 4.90 Å². The Balaban J connectivity index is 2.00. The molecule has 2 fully saturated rings. The number of aliphatic carboxylic acids is 1. The van der Waals surface area contributed by atoms with Gasteiger partial charge in [-0.15, -0.1) is 0 Å². The third-order valence-electron chi connectivity index (χ3n) is 5.11. The Morgan fingerprint density at radius 1 is 1.15 bits per heavy atom. The van der Waals surface area contributed by atoms with E-state index >= 15 is 0 Å². The Labute approximate surface area is 120 Å². The number of hydrogen-bond donors (Lipinski definition) is 2. The average molecular weight is 282 g/mol. The van der Waals surface area contributed by atoms with E-state index in [9.17, 15) is 14.7 Å². The lowest BCUT2D eigenvalue weighted by Crippen LogP contribution is -2.57. The van der Waals surface area contributed by atoms with E-state index in [0.29, 0.717) is 32.4 Å². The summed E-state index contributed by atoms with van der Waals surface area (Å²) in [6.07, 6.45) is 6.23. The average Bonchev–Trinajstić information content (AvgIpc) is 2.87. The van der Waals surface area contributed by atoms with Gasteiger partial charge >= 0.3 is 5.97 Å². The third-order valence-corrected chi connectivity index (χ3v) is 5.11. The van der Waals surface area contributed by atoms with Gasteiger partial charge in [0.1, 0.15) is 0 Å². The van der Waals surface area contributed by atoms with Crippen molar-refractivity contribution in [2.24, 2.45) is 11.1 Å². The quantitative estimate of drug-likeness (QED) is 0.823. The van der Waals surface area contributed by atoms with Crippen molar-refractivity contribution in [3.05, 3.63) is 0 Å². The lowest BCUT2D eigenvalue weighted by Gasteiger charge is -2.41. The van der Waals surface area contributed by atoms with Crippen LogP contribution in [0.3, 0.4) is 0 Å². The molecule has 20 heavy (non-hydrogen) atoms. The molecule has 5 nitrogen and oxygen atoms in total. The molecule has 2 aliphatic rings. The molecule has 0 radical (unpaired) electrons. The second kappa shape index (κ2) is 5.72. The molecule has 0 aromatic heterocycles. The van der Waals surface area contributed by atoms with E-state index < -0.39 is 16.9 Å². The monoisotopic (exact) mass is 282 g/mol. The SMILES string of the molecule is CCCC1(C(=O)O)CCN(C(=O)C2(N)CCCC2)CC1. The molecule has 114 valence electrons. The van der Waals surface area contributed by atoms with E-state index in [0.717, 1.165) is 32.1 Å². The van der Waals surface area contributed by atoms with Gasteiger partial charge in [0.2, 0.25) is 5.91 Å². The van der Waals surface area contributed by atoms with Crippen molar-refractivity contribution < 1.29 is 14.7 Å². The molecule has 0 spiro atoms. The molecule has 0 atom stereocenters. The number of carboxylic acids is 1. The Kier molecular flexibility index (Phi) is 4.37. The number of rotatable bonds is 4. The van der Waals surface area contributed by atoms with Crippen LogP contribution < -0.4 is 5.73 Å². The maximum Gasteiger partial charge on any atom is 0.309 e. The molecule has 1 heterocycles. The summed E-state index contributed by atoms with van der Waals surface area (Å²) in [6, 6.07) is 0. The van der Waals surface area contributed by atoms with Crippen molar-refractivity contribution in [1.82, 2.24) is 4.90 Å². The van der Waals surface area contributed by atoms with Crippen LogP contribution in [-0.4, -0.2) is 40.5 Å². The fourth-order valence-electron chi connectivity index (χ4n) is 3.72. The molecule has 0 aromatic rings. The first-order chi connectivity index (χ1) is 9.43. The molecule has 1 aliphatic carbocycles. The topological polar surface area (TPSA) is 83.6 Å². The minimum Gasteiger partial charge on any atom is -0.481 e. The second-order valence-corrected chi connectivity index (χ2v) is 6.49. The van der Waals surface area contributed by atoms with E-state index in [2.05, 4.69) is 0 Å². The summed E-state index contributed by atoms with van der Waals surface area (Å²) < 4.78 is 0. The van der Waals surface area contributed by atoms with Gasteiger partial charge in [0.25, 0.3) is 0 Å². The van der Waals surface area contributed by atoms with Crippen LogP contribution in [0.25, 0.3) is 0 Å². The summed E-state index contributed by atoms with van der Waals surface area (Å²) in [5, 5.41) is 9.48. The molecule has 0 unspecified atom stereocenters. The number of hydrogen-bond acceptors (Lipinski definition) is 3. The van der Waals surface area contributed by atoms with Gasteiger partial charge in [0.15, 0.2) is 0 Å². The third kappa shape index (κ3) is 2.68. The van der Waals surface area contributed by atoms with E-state index in [-0.39, 0.29) is 5.91 Å². The van der Waals surface area contributed by atoms with Crippen molar-refractivity contribution in [3.63, 3.8) is 0 Å². The number of carbonyl (C=O) groups excluding carboxylic acids is 1. The predicted octanol–water partition coefficient (Wildman–Crippen LogP) is 1.75. The summed E-state index contributed by atoms with van der Waals surface area (Å²) in [7, 11) is 0. The highest BCUT2D eigenvalue weighted by molar-refractivity contribution is 5.87. The lowest BCUT2D eigenvalue weighted by atomic mass is 9.74. The van der Waals surface area contributed by atoms with Gasteiger partial charge in [-0.2, -0.15) is 0 Å². The summed E-state index contributed by atoms with van der Waals surface area (Å²) in [6.45, 7) is 3.07. The Morgan fingerprint density at radius 2 is 1.70 bits per heavy atom. The molecule has 1 saturated heterocycles. The molecule has 5 heteroatoms. The van der Waals surface area contributed by atoms with Crippen LogP contribution >= 0.6 is 0 Å². The van der Waals surface area contributed by atoms with Gasteiger partial charge in [-0.3, -0.25) is 9.59 Å². The van der Waals surface area contributed by atoms with E-state index in [1.165, 1.54) is 0 Å². The standard InChI is InChI=1S/C15H26N2O3/c1-2-5-14(13(19)20)8-10-17(11-9-14)12(18)15(16)6-3-4-7-15/h2-11,16H2,1H3,(H,19,20). The summed E-state index contributed by atoms with van der Waals surface area (Å²) in [5.74, 6) is -0.680. The number of carbonyl (C=O) groups is 2. The Bertz CT molecular complexity index is 381. The van der Waals surface area contributed by atoms with Gasteiger partial charge in [0, 0.05) is 13.1 Å². The molecule has 3 N–H and O–H groups in total. The van der Waals surface area contributed by atoms with Crippen molar-refractivity contribution in [3.8, 4) is 0 Å². The van der Waals surface area contributed by atoms with Crippen molar-refractivity contribution in [1.29, 1.82) is 0 Å². The number of likely N-dealkylation sites (tertiary alicyclic amines) is 1. The minimum atomic E-state index is -0.713. The minimum absolute atomic E-state index is 0.0329. The molecular formula is C15H26N2O3. The number of nitrogens with two attached hydrogens (primary N) is 1. The highest BCUT2D eigenvalue weighted by Gasteiger charge is 2.45. The van der Waals surface area contributed by atoms with Crippen LogP contribution in [0.5, 0.6) is 0 Å². The van der Waals surface area contributed by atoms with Gasteiger partial charge in [-0.1, -0.05) is 26.2 Å². The highest BCUT2D eigenvalue weighted by Crippen LogP contribution is 2.38. The fourth-order valence-corrected chi connectivity index (χ4v) is 3.72. The summed E-state index contributed by atoms with van der Waals surface area (Å²) >= 11 is 0. The number of amides is 1. The van der Waals surface area contributed by atoms with Gasteiger partial charge in [0.05, 0.1) is 11.0 Å². The molecular weight excluding hydrogens is 256 g/mol. The summed E-state index contributed by atoms with van der Waals surface area (Å²) in [4.78, 5) is 25.8. The van der Waals surface area contributed by atoms with Crippen molar-refractivity contribution >= 4 is 11.9 Å². The smallest absolute Gasteiger partial charge is 0.309 e. The second-order valence-electron chi connectivity index (χ2n) is 6.49. The van der Waals surface area contributed by atoms with Crippen LogP contribution in [0.15, 0.2) is 0 Å². The first-order valence-corrected chi connectivity index (χ1v) is 7.75. The van der Waals surface area contributed by atoms with E-state index in [4.69, 9.17) is 5.73 Å². The number of piperidine rings is 1. The number of carboxylic acid groups (broad SMARTS) is 1. The van der Waals surface area contributed by atoms with Crippen LogP contribution in [-0.2, 0) is 9.59 Å². The lowest BCUT2D eigenvalue weighted by molar-refractivity contribution is -0.156. The van der Waals surface area contributed by atoms with Crippen LogP contribution in [0, 0.1) is 5.41 Å². The Morgan fingerprint density at radius 3 is 2.15 bits per heavy atom. The predicted molar refractivity (Wildman–Crippen MR) is 76.2 cm³/mol. The van der Waals surface area contributed by atoms with Crippen molar-refractivity contribution in [2.75, 3.05) is 13.1 Å². The van der Waals surface area contributed by atoms with Crippen LogP contribution in [0.1, 0.15) is 58.3 Å². The maximum atomic E-state index is 12.5. The highest BCUT2D eigenvalue weighted by atomic mass is 16.4. The molecule has 2 rings (SSSR count). The molecule has 1 aliphatic heterocycles. The first-order valence-electron chi connectivity index (χ1n) is 7.75. The van der Waals surface area contributed by atoms with Gasteiger partial charge in [-0.25, -0.2) is 0 Å². The van der Waals surface area contributed by atoms with E-state index in [1.807, 2.05) is 6.92 Å². The zero-order valence-electron chi connectivity index (χ0n) is 12.4. The van der Waals surface area contributed by atoms with Crippen LogP contribution in [0.4, 0.5) is 0 Å². The maximum absolute atomic E-state index is 12.5. The zero-order valence-corrected chi connectivity index (χ0v) is 12.4. The fraction of sp³-hybridized carbons (Fsp3) is 0.867. The van der Waals surface area contributed by atoms with Crippen molar-refractivity contribution in [2.45, 2.75) is 63.8 Å². The summed E-state index contributed by atoms with van der Waals surface area (Å²) in [5.41, 5.74) is 4.89. The molecule has 0 bridgehead atoms.